The summed E-state index contributed by atoms with van der Waals surface area (Å²) < 4.78 is 27.5. The van der Waals surface area contributed by atoms with E-state index in [0.29, 0.717) is 11.9 Å². The van der Waals surface area contributed by atoms with E-state index in [-0.39, 0.29) is 11.3 Å². The van der Waals surface area contributed by atoms with E-state index in [9.17, 15) is 28.6 Å². The second-order valence-corrected chi connectivity index (χ2v) is 8.83. The first-order valence-electron chi connectivity index (χ1n) is 9.11. The predicted molar refractivity (Wildman–Crippen MR) is 108 cm³/mol. The minimum atomic E-state index is -4.34. The molecule has 0 amide bonds. The third-order valence-electron chi connectivity index (χ3n) is 4.99. The summed E-state index contributed by atoms with van der Waals surface area (Å²) in [6.45, 7) is 4.98. The van der Waals surface area contributed by atoms with Crippen LogP contribution in [0.15, 0.2) is 29.4 Å². The number of aromatic nitrogens is 2. The third kappa shape index (κ3) is 4.45. The molecule has 0 saturated carbocycles. The molecule has 1 aliphatic rings. The van der Waals surface area contributed by atoms with Crippen molar-refractivity contribution in [2.75, 3.05) is 22.7 Å². The van der Waals surface area contributed by atoms with E-state index in [4.69, 9.17) is 0 Å². The molecule has 0 bridgehead atoms. The van der Waals surface area contributed by atoms with Crippen molar-refractivity contribution in [3.05, 3.63) is 50.3 Å². The lowest BCUT2D eigenvalue weighted by molar-refractivity contribution is -0.395. The van der Waals surface area contributed by atoms with Crippen LogP contribution in [0.1, 0.15) is 25.3 Å². The first-order valence-corrected chi connectivity index (χ1v) is 10.6. The van der Waals surface area contributed by atoms with Crippen LogP contribution in [0.4, 0.5) is 23.0 Å². The fourth-order valence-electron chi connectivity index (χ4n) is 3.15. The van der Waals surface area contributed by atoms with Crippen LogP contribution in [0.5, 0.6) is 0 Å². The van der Waals surface area contributed by atoms with Gasteiger partial charge in [-0.1, -0.05) is 6.92 Å². The number of nitrogens with one attached hydrogen (secondary N) is 1. The maximum absolute atomic E-state index is 12.7. The van der Waals surface area contributed by atoms with Gasteiger partial charge in [0.1, 0.15) is 10.5 Å². The Bertz CT molecular complexity index is 1050. The topological polar surface area (TPSA) is 161 Å². The molecule has 0 atom stereocenters. The molecule has 1 saturated heterocycles. The number of piperidine rings is 1. The lowest BCUT2D eigenvalue weighted by Crippen LogP contribution is -2.34. The molecule has 12 nitrogen and oxygen atoms in total. The lowest BCUT2D eigenvalue weighted by atomic mass is 10.00. The molecule has 0 aliphatic carbocycles. The summed E-state index contributed by atoms with van der Waals surface area (Å²) in [6, 6.07) is 1.57. The number of nitro benzene ring substituents is 2. The Morgan fingerprint density at radius 2 is 1.57 bits per heavy atom. The Kier molecular flexibility index (Phi) is 5.82. The van der Waals surface area contributed by atoms with Gasteiger partial charge >= 0.3 is 0 Å². The number of rotatable bonds is 6. The van der Waals surface area contributed by atoms with Gasteiger partial charge in [-0.2, -0.15) is 0 Å². The van der Waals surface area contributed by atoms with Crippen molar-refractivity contribution in [3.8, 4) is 0 Å². The standard InChI is InChI=1S/C17H20N6O6S/c1-11-3-5-21(6-4-11)17-18-9-13(10-19-17)20-30(28,29)14-7-15(22(24)25)12(2)16(8-14)23(26)27/h7-11,20H,3-6H2,1-2H3. The highest BCUT2D eigenvalue weighted by molar-refractivity contribution is 7.92. The lowest BCUT2D eigenvalue weighted by Gasteiger charge is -2.30. The summed E-state index contributed by atoms with van der Waals surface area (Å²) in [5, 5.41) is 22.4. The van der Waals surface area contributed by atoms with Gasteiger partial charge in [0.05, 0.1) is 27.9 Å². The van der Waals surface area contributed by atoms with Crippen molar-refractivity contribution in [3.63, 3.8) is 0 Å². The predicted octanol–water partition coefficient (Wildman–Crippen LogP) is 2.64. The maximum Gasteiger partial charge on any atom is 0.280 e. The normalized spacial score (nSPS) is 15.1. The Morgan fingerprint density at radius 1 is 1.07 bits per heavy atom. The summed E-state index contributed by atoms with van der Waals surface area (Å²) in [4.78, 5) is 30.4. The van der Waals surface area contributed by atoms with Gasteiger partial charge in [0, 0.05) is 25.2 Å². The number of hydrogen-bond donors (Lipinski definition) is 1. The summed E-state index contributed by atoms with van der Waals surface area (Å²) in [5.74, 6) is 1.11. The van der Waals surface area contributed by atoms with Crippen LogP contribution in [0.3, 0.4) is 0 Å². The van der Waals surface area contributed by atoms with Gasteiger partial charge in [-0.15, -0.1) is 0 Å². The number of anilines is 2. The fourth-order valence-corrected chi connectivity index (χ4v) is 4.22. The second kappa shape index (κ2) is 8.18. The average molecular weight is 436 g/mol. The monoisotopic (exact) mass is 436 g/mol. The Morgan fingerprint density at radius 3 is 2.03 bits per heavy atom. The van der Waals surface area contributed by atoms with Crippen molar-refractivity contribution in [1.29, 1.82) is 0 Å². The van der Waals surface area contributed by atoms with Gasteiger partial charge in [0.15, 0.2) is 0 Å². The minimum Gasteiger partial charge on any atom is -0.341 e. The van der Waals surface area contributed by atoms with Gasteiger partial charge in [-0.05, 0) is 25.7 Å². The van der Waals surface area contributed by atoms with Crippen LogP contribution >= 0.6 is 0 Å². The average Bonchev–Trinajstić information content (AvgIpc) is 2.68. The number of nitrogens with zero attached hydrogens (tertiary/aromatic N) is 5. The van der Waals surface area contributed by atoms with E-state index < -0.39 is 36.1 Å². The van der Waals surface area contributed by atoms with Crippen LogP contribution in [-0.2, 0) is 10.0 Å². The second-order valence-electron chi connectivity index (χ2n) is 7.15. The highest BCUT2D eigenvalue weighted by atomic mass is 32.2. The third-order valence-corrected chi connectivity index (χ3v) is 6.35. The number of hydrogen-bond acceptors (Lipinski definition) is 9. The summed E-state index contributed by atoms with van der Waals surface area (Å²) in [6.07, 6.45) is 4.61. The molecule has 160 valence electrons. The molecule has 1 fully saturated rings. The summed E-state index contributed by atoms with van der Waals surface area (Å²) in [5.41, 5.74) is -1.51. The van der Waals surface area contributed by atoms with Crippen molar-refractivity contribution < 1.29 is 18.3 Å². The van der Waals surface area contributed by atoms with E-state index in [1.165, 1.54) is 19.3 Å². The molecule has 1 aromatic heterocycles. The van der Waals surface area contributed by atoms with Gasteiger partial charge in [0.2, 0.25) is 5.95 Å². The number of sulfonamides is 1. The van der Waals surface area contributed by atoms with Crippen LogP contribution in [-0.4, -0.2) is 41.3 Å². The van der Waals surface area contributed by atoms with Gasteiger partial charge in [-0.25, -0.2) is 18.4 Å². The van der Waals surface area contributed by atoms with Crippen LogP contribution in [0.25, 0.3) is 0 Å². The van der Waals surface area contributed by atoms with Crippen LogP contribution in [0.2, 0.25) is 0 Å². The Hall–Kier alpha value is -3.35. The number of nitro groups is 2. The van der Waals surface area contributed by atoms with Crippen molar-refractivity contribution >= 4 is 33.0 Å². The quantitative estimate of drug-likeness (QED) is 0.530. The molecular weight excluding hydrogens is 416 g/mol. The zero-order valence-corrected chi connectivity index (χ0v) is 17.1. The van der Waals surface area contributed by atoms with Crippen molar-refractivity contribution in [2.45, 2.75) is 31.6 Å². The molecule has 3 rings (SSSR count). The van der Waals surface area contributed by atoms with Gasteiger partial charge in [0.25, 0.3) is 21.4 Å². The van der Waals surface area contributed by atoms with Gasteiger partial charge < -0.3 is 4.90 Å². The minimum absolute atomic E-state index is 0.0370. The van der Waals surface area contributed by atoms with E-state index in [1.807, 2.05) is 4.90 Å². The molecule has 13 heteroatoms. The van der Waals surface area contributed by atoms with Crippen LogP contribution < -0.4 is 9.62 Å². The Balaban J connectivity index is 1.86. The fraction of sp³-hybridized carbons (Fsp3) is 0.412. The molecule has 30 heavy (non-hydrogen) atoms. The SMILES string of the molecule is Cc1c([N+](=O)[O-])cc(S(=O)(=O)Nc2cnc(N3CCC(C)CC3)nc2)cc1[N+](=O)[O-]. The number of benzene rings is 1. The summed E-state index contributed by atoms with van der Waals surface area (Å²) >= 11 is 0. The smallest absolute Gasteiger partial charge is 0.280 e. The molecule has 2 aromatic rings. The van der Waals surface area contributed by atoms with Crippen molar-refractivity contribution in [1.82, 2.24) is 9.97 Å². The van der Waals surface area contributed by atoms with E-state index in [1.54, 1.807) is 0 Å². The van der Waals surface area contributed by atoms with E-state index in [2.05, 4.69) is 21.6 Å². The zero-order chi connectivity index (χ0) is 22.1. The molecule has 0 spiro atoms. The molecule has 1 N–H and O–H groups in total. The largest absolute Gasteiger partial charge is 0.341 e. The highest BCUT2D eigenvalue weighted by Crippen LogP contribution is 2.32. The van der Waals surface area contributed by atoms with Gasteiger partial charge in [-0.3, -0.25) is 25.0 Å². The first-order chi connectivity index (χ1) is 14.1. The highest BCUT2D eigenvalue weighted by Gasteiger charge is 2.28. The summed E-state index contributed by atoms with van der Waals surface area (Å²) in [7, 11) is -4.34. The molecular formula is C17H20N6O6S. The molecule has 1 aromatic carbocycles. The maximum atomic E-state index is 12.7. The molecule has 0 radical (unpaired) electrons. The molecule has 0 unspecified atom stereocenters. The van der Waals surface area contributed by atoms with Crippen LogP contribution in [0, 0.1) is 33.1 Å². The van der Waals surface area contributed by atoms with E-state index >= 15 is 0 Å². The van der Waals surface area contributed by atoms with Crippen molar-refractivity contribution in [2.24, 2.45) is 5.92 Å². The zero-order valence-electron chi connectivity index (χ0n) is 16.3. The molecule has 1 aliphatic heterocycles. The Labute approximate surface area is 172 Å². The molecule has 2 heterocycles. The van der Waals surface area contributed by atoms with E-state index in [0.717, 1.165) is 38.1 Å². The first kappa shape index (κ1) is 21.4.